The molecule has 0 aromatic carbocycles. The Morgan fingerprint density at radius 2 is 1.05 bits per heavy atom. The SMILES string of the molecule is ClC1CCC(C2C(Cl)C(Cl)C(Cl)C(Cl)C2Cl)C(Cl)C1. The third kappa shape index (κ3) is 3.52. The van der Waals surface area contributed by atoms with Crippen molar-refractivity contribution in [2.45, 2.75) is 56.9 Å². The molecule has 0 aliphatic heterocycles. The lowest BCUT2D eigenvalue weighted by Gasteiger charge is -2.47. The normalized spacial score (nSPS) is 56.1. The summed E-state index contributed by atoms with van der Waals surface area (Å²) < 4.78 is 0. The van der Waals surface area contributed by atoms with Gasteiger partial charge in [-0.1, -0.05) is 0 Å². The second-order valence-electron chi connectivity index (χ2n) is 5.39. The zero-order valence-corrected chi connectivity index (χ0v) is 15.3. The lowest BCUT2D eigenvalue weighted by molar-refractivity contribution is 0.215. The summed E-state index contributed by atoms with van der Waals surface area (Å²) in [6.45, 7) is 0. The Morgan fingerprint density at radius 1 is 0.579 bits per heavy atom. The molecule has 2 fully saturated rings. The Labute approximate surface area is 149 Å². The van der Waals surface area contributed by atoms with Crippen LogP contribution in [0.15, 0.2) is 0 Å². The zero-order valence-electron chi connectivity index (χ0n) is 9.96. The van der Waals surface area contributed by atoms with Gasteiger partial charge in [0.1, 0.15) is 0 Å². The van der Waals surface area contributed by atoms with Crippen LogP contribution in [0.1, 0.15) is 19.3 Å². The summed E-state index contributed by atoms with van der Waals surface area (Å²) in [6.07, 6.45) is 2.59. The Kier molecular flexibility index (Phi) is 6.47. The zero-order chi connectivity index (χ0) is 14.3. The topological polar surface area (TPSA) is 0 Å². The molecule has 0 heterocycles. The van der Waals surface area contributed by atoms with Gasteiger partial charge in [0.25, 0.3) is 0 Å². The smallest absolute Gasteiger partial charge is 0.0692 e. The molecule has 0 radical (unpaired) electrons. The molecule has 2 aliphatic carbocycles. The molecule has 0 aromatic heterocycles. The van der Waals surface area contributed by atoms with Gasteiger partial charge in [-0.3, -0.25) is 0 Å². The van der Waals surface area contributed by atoms with E-state index in [1.165, 1.54) is 0 Å². The van der Waals surface area contributed by atoms with E-state index in [9.17, 15) is 0 Å². The van der Waals surface area contributed by atoms with E-state index in [-0.39, 0.29) is 33.3 Å². The van der Waals surface area contributed by atoms with Crippen molar-refractivity contribution in [3.8, 4) is 0 Å². The number of halogens is 7. The predicted molar refractivity (Wildman–Crippen MR) is 88.3 cm³/mol. The lowest BCUT2D eigenvalue weighted by atomic mass is 9.72. The average Bonchev–Trinajstić information content (AvgIpc) is 2.37. The molecule has 0 aromatic rings. The molecule has 19 heavy (non-hydrogen) atoms. The van der Waals surface area contributed by atoms with Gasteiger partial charge in [-0.25, -0.2) is 0 Å². The Morgan fingerprint density at radius 3 is 1.53 bits per heavy atom. The van der Waals surface area contributed by atoms with E-state index in [1.54, 1.807) is 0 Å². The molecule has 112 valence electrons. The first-order chi connectivity index (χ1) is 8.84. The summed E-state index contributed by atoms with van der Waals surface area (Å²) in [6, 6.07) is 0. The summed E-state index contributed by atoms with van der Waals surface area (Å²) in [5, 5.41) is -1.78. The van der Waals surface area contributed by atoms with Gasteiger partial charge in [-0.15, -0.1) is 81.2 Å². The van der Waals surface area contributed by atoms with Gasteiger partial charge in [0.15, 0.2) is 0 Å². The standard InChI is InChI=1S/C12H15Cl7/c13-4-1-2-5(6(14)3-4)7-8(15)10(17)12(19)11(18)9(7)16/h4-12H,1-3H2. The Bertz CT molecular complexity index is 296. The summed E-state index contributed by atoms with van der Waals surface area (Å²) in [4.78, 5) is 0. The lowest BCUT2D eigenvalue weighted by Crippen LogP contribution is -2.55. The van der Waals surface area contributed by atoms with Gasteiger partial charge < -0.3 is 0 Å². The molecule has 0 amide bonds. The molecule has 2 rings (SSSR count). The maximum absolute atomic E-state index is 6.47. The quantitative estimate of drug-likeness (QED) is 0.492. The first-order valence-corrected chi connectivity index (χ1v) is 9.38. The second-order valence-corrected chi connectivity index (χ2v) is 9.09. The molecule has 0 nitrogen and oxygen atoms in total. The van der Waals surface area contributed by atoms with Crippen LogP contribution in [0.5, 0.6) is 0 Å². The molecule has 0 spiro atoms. The van der Waals surface area contributed by atoms with Gasteiger partial charge in [-0.2, -0.15) is 0 Å². The van der Waals surface area contributed by atoms with Crippen molar-refractivity contribution in [1.29, 1.82) is 0 Å². The molecular weight excluding hydrogens is 392 g/mol. The van der Waals surface area contributed by atoms with Crippen LogP contribution >= 0.6 is 81.2 Å². The van der Waals surface area contributed by atoms with Crippen LogP contribution in [0.2, 0.25) is 0 Å². The first kappa shape index (κ1) is 17.4. The highest BCUT2D eigenvalue weighted by atomic mass is 35.5. The van der Waals surface area contributed by atoms with E-state index in [4.69, 9.17) is 81.2 Å². The van der Waals surface area contributed by atoms with Gasteiger partial charge >= 0.3 is 0 Å². The van der Waals surface area contributed by atoms with E-state index >= 15 is 0 Å². The van der Waals surface area contributed by atoms with Crippen LogP contribution in [0.4, 0.5) is 0 Å². The van der Waals surface area contributed by atoms with Crippen molar-refractivity contribution in [2.24, 2.45) is 11.8 Å². The van der Waals surface area contributed by atoms with Crippen LogP contribution in [-0.4, -0.2) is 37.6 Å². The summed E-state index contributed by atoms with van der Waals surface area (Å²) in [5.41, 5.74) is 0. The largest absolute Gasteiger partial charge is 0.123 e. The maximum Gasteiger partial charge on any atom is 0.0692 e. The average molecular weight is 407 g/mol. The van der Waals surface area contributed by atoms with E-state index in [0.29, 0.717) is 0 Å². The van der Waals surface area contributed by atoms with E-state index < -0.39 is 16.1 Å². The van der Waals surface area contributed by atoms with Crippen LogP contribution in [0.25, 0.3) is 0 Å². The highest BCUT2D eigenvalue weighted by molar-refractivity contribution is 6.41. The number of hydrogen-bond acceptors (Lipinski definition) is 0. The summed E-state index contributed by atoms with van der Waals surface area (Å²) >= 11 is 44.3. The molecular formula is C12H15Cl7. The first-order valence-electron chi connectivity index (χ1n) is 6.33. The van der Waals surface area contributed by atoms with Crippen LogP contribution in [0.3, 0.4) is 0 Å². The predicted octanol–water partition coefficient (Wildman–Crippen LogP) is 5.67. The highest BCUT2D eigenvalue weighted by Gasteiger charge is 2.52. The molecule has 0 saturated heterocycles. The van der Waals surface area contributed by atoms with Gasteiger partial charge in [0.05, 0.1) is 26.9 Å². The molecule has 7 unspecified atom stereocenters. The van der Waals surface area contributed by atoms with Crippen LogP contribution in [0, 0.1) is 11.8 Å². The van der Waals surface area contributed by atoms with E-state index in [1.807, 2.05) is 0 Å². The third-order valence-electron chi connectivity index (χ3n) is 4.21. The summed E-state index contributed by atoms with van der Waals surface area (Å²) in [7, 11) is 0. The highest BCUT2D eigenvalue weighted by Crippen LogP contribution is 2.48. The van der Waals surface area contributed by atoms with Crippen LogP contribution in [-0.2, 0) is 0 Å². The molecule has 2 saturated carbocycles. The van der Waals surface area contributed by atoms with Crippen molar-refractivity contribution in [2.75, 3.05) is 0 Å². The fourth-order valence-corrected chi connectivity index (χ4v) is 6.30. The van der Waals surface area contributed by atoms with Crippen molar-refractivity contribution in [3.05, 3.63) is 0 Å². The Hall–Kier alpha value is 2.03. The van der Waals surface area contributed by atoms with Crippen molar-refractivity contribution < 1.29 is 0 Å². The minimum Gasteiger partial charge on any atom is -0.123 e. The van der Waals surface area contributed by atoms with Crippen molar-refractivity contribution in [1.82, 2.24) is 0 Å². The molecule has 7 atom stereocenters. The van der Waals surface area contributed by atoms with Crippen LogP contribution < -0.4 is 0 Å². The molecule has 0 N–H and O–H groups in total. The fraction of sp³-hybridized carbons (Fsp3) is 1.00. The second kappa shape index (κ2) is 7.07. The molecule has 2 aliphatic rings. The van der Waals surface area contributed by atoms with Crippen molar-refractivity contribution >= 4 is 81.2 Å². The minimum absolute atomic E-state index is 0.0324. The van der Waals surface area contributed by atoms with E-state index in [2.05, 4.69) is 0 Å². The monoisotopic (exact) mass is 404 g/mol. The minimum atomic E-state index is -0.428. The maximum atomic E-state index is 6.47. The number of rotatable bonds is 1. The van der Waals surface area contributed by atoms with Gasteiger partial charge in [0.2, 0.25) is 0 Å². The number of hydrogen-bond donors (Lipinski definition) is 0. The van der Waals surface area contributed by atoms with Crippen molar-refractivity contribution in [3.63, 3.8) is 0 Å². The Balaban J connectivity index is 2.17. The molecule has 0 bridgehead atoms. The number of alkyl halides is 7. The molecule has 7 heteroatoms. The summed E-state index contributed by atoms with van der Waals surface area (Å²) in [5.74, 6) is 0.156. The van der Waals surface area contributed by atoms with E-state index in [0.717, 1.165) is 19.3 Å². The van der Waals surface area contributed by atoms with Gasteiger partial charge in [-0.05, 0) is 31.1 Å². The fourth-order valence-electron chi connectivity index (χ4n) is 3.12. The third-order valence-corrected chi connectivity index (χ3v) is 8.37. The van der Waals surface area contributed by atoms with Gasteiger partial charge in [0, 0.05) is 10.8 Å².